The highest BCUT2D eigenvalue weighted by Gasteiger charge is 2.27. The van der Waals surface area contributed by atoms with Gasteiger partial charge in [0.2, 0.25) is 0 Å². The average molecular weight is 431 g/mol. The van der Waals surface area contributed by atoms with Crippen molar-refractivity contribution in [3.8, 4) is 0 Å². The first-order valence-corrected chi connectivity index (χ1v) is 10.1. The van der Waals surface area contributed by atoms with E-state index in [4.69, 9.17) is 11.6 Å². The van der Waals surface area contributed by atoms with Crippen LogP contribution in [0.25, 0.3) is 0 Å². The molecule has 1 fully saturated rings. The normalized spacial score (nSPS) is 13.2. The Morgan fingerprint density at radius 1 is 1.17 bits per heavy atom. The topological polar surface area (TPSA) is 105 Å². The molecule has 1 aliphatic carbocycles. The van der Waals surface area contributed by atoms with Crippen molar-refractivity contribution in [2.24, 2.45) is 0 Å². The van der Waals surface area contributed by atoms with Crippen LogP contribution in [0.5, 0.6) is 0 Å². The highest BCUT2D eigenvalue weighted by molar-refractivity contribution is 6.34. The molecule has 1 aliphatic rings. The SMILES string of the molecule is CCN(CCNC(=O)c1ccccc1NC(=O)c1ccc([N+](=O)[O-])cc1Cl)C1CC1. The maximum Gasteiger partial charge on any atom is 0.270 e. The van der Waals surface area contributed by atoms with Crippen molar-refractivity contribution in [3.05, 3.63) is 68.7 Å². The van der Waals surface area contributed by atoms with Crippen LogP contribution in [0, 0.1) is 10.1 Å². The van der Waals surface area contributed by atoms with Crippen LogP contribution in [-0.4, -0.2) is 47.3 Å². The number of hydrogen-bond acceptors (Lipinski definition) is 5. The Morgan fingerprint density at radius 3 is 2.53 bits per heavy atom. The summed E-state index contributed by atoms with van der Waals surface area (Å²) in [6.07, 6.45) is 2.42. The number of amides is 2. The lowest BCUT2D eigenvalue weighted by molar-refractivity contribution is -0.384. The molecule has 3 rings (SSSR count). The molecule has 0 heterocycles. The van der Waals surface area contributed by atoms with E-state index in [0.29, 0.717) is 23.8 Å². The number of halogens is 1. The smallest absolute Gasteiger partial charge is 0.270 e. The van der Waals surface area contributed by atoms with Crippen molar-refractivity contribution in [2.75, 3.05) is 25.0 Å². The number of hydrogen-bond donors (Lipinski definition) is 2. The summed E-state index contributed by atoms with van der Waals surface area (Å²) in [6, 6.07) is 10.9. The van der Waals surface area contributed by atoms with Gasteiger partial charge in [0, 0.05) is 31.3 Å². The number of carbonyl (C=O) groups excluding carboxylic acids is 2. The Hall–Kier alpha value is -2.97. The number of nitrogens with one attached hydrogen (secondary N) is 2. The van der Waals surface area contributed by atoms with E-state index in [1.54, 1.807) is 24.3 Å². The summed E-state index contributed by atoms with van der Waals surface area (Å²) >= 11 is 6.03. The van der Waals surface area contributed by atoms with Crippen LogP contribution in [-0.2, 0) is 0 Å². The Bertz CT molecular complexity index is 962. The van der Waals surface area contributed by atoms with Crippen LogP contribution in [0.4, 0.5) is 11.4 Å². The first-order valence-electron chi connectivity index (χ1n) is 9.77. The number of para-hydroxylation sites is 1. The summed E-state index contributed by atoms with van der Waals surface area (Å²) in [7, 11) is 0. The fourth-order valence-electron chi connectivity index (χ4n) is 3.23. The summed E-state index contributed by atoms with van der Waals surface area (Å²) in [5.41, 5.74) is 0.548. The fraction of sp³-hybridized carbons (Fsp3) is 0.333. The molecule has 0 aromatic heterocycles. The van der Waals surface area contributed by atoms with Gasteiger partial charge in [0.25, 0.3) is 17.5 Å². The molecule has 2 aromatic carbocycles. The van der Waals surface area contributed by atoms with E-state index in [0.717, 1.165) is 19.2 Å². The standard InChI is InChI=1S/C21H23ClN4O4/c1-2-25(14-7-8-14)12-11-23-20(27)17-5-3-4-6-19(17)24-21(28)16-10-9-15(26(29)30)13-18(16)22/h3-6,9-10,13-14H,2,7-8,11-12H2,1H3,(H,23,27)(H,24,28). The van der Waals surface area contributed by atoms with Gasteiger partial charge in [-0.2, -0.15) is 0 Å². The molecule has 9 heteroatoms. The molecular weight excluding hydrogens is 408 g/mol. The van der Waals surface area contributed by atoms with Gasteiger partial charge in [-0.05, 0) is 37.6 Å². The molecule has 0 bridgehead atoms. The minimum Gasteiger partial charge on any atom is -0.351 e. The molecule has 1 saturated carbocycles. The Kier molecular flexibility index (Phi) is 7.02. The van der Waals surface area contributed by atoms with E-state index in [1.165, 1.54) is 25.0 Å². The number of nitro benzene ring substituents is 1. The zero-order valence-corrected chi connectivity index (χ0v) is 17.3. The van der Waals surface area contributed by atoms with Crippen LogP contribution in [0.1, 0.15) is 40.5 Å². The molecule has 0 spiro atoms. The molecule has 2 N–H and O–H groups in total. The second kappa shape index (κ2) is 9.69. The van der Waals surface area contributed by atoms with E-state index >= 15 is 0 Å². The maximum absolute atomic E-state index is 12.6. The van der Waals surface area contributed by atoms with E-state index < -0.39 is 10.8 Å². The molecule has 158 valence electrons. The van der Waals surface area contributed by atoms with Gasteiger partial charge in [-0.25, -0.2) is 0 Å². The van der Waals surface area contributed by atoms with Gasteiger partial charge in [-0.15, -0.1) is 0 Å². The predicted molar refractivity (Wildman–Crippen MR) is 115 cm³/mol. The van der Waals surface area contributed by atoms with Crippen molar-refractivity contribution < 1.29 is 14.5 Å². The molecule has 0 radical (unpaired) electrons. The minimum absolute atomic E-state index is 0.0386. The Labute approximate surface area is 179 Å². The number of rotatable bonds is 9. The van der Waals surface area contributed by atoms with Crippen molar-refractivity contribution >= 4 is 34.8 Å². The third-order valence-electron chi connectivity index (χ3n) is 4.98. The lowest BCUT2D eigenvalue weighted by Gasteiger charge is -2.20. The number of anilines is 1. The predicted octanol–water partition coefficient (Wildman–Crippen LogP) is 3.71. The number of carbonyl (C=O) groups is 2. The van der Waals surface area contributed by atoms with Crippen molar-refractivity contribution in [1.82, 2.24) is 10.2 Å². The molecule has 0 saturated heterocycles. The van der Waals surface area contributed by atoms with Gasteiger partial charge in [-0.1, -0.05) is 30.7 Å². The monoisotopic (exact) mass is 430 g/mol. The van der Waals surface area contributed by atoms with Gasteiger partial charge in [0.05, 0.1) is 26.8 Å². The molecule has 30 heavy (non-hydrogen) atoms. The van der Waals surface area contributed by atoms with E-state index in [2.05, 4.69) is 22.5 Å². The second-order valence-electron chi connectivity index (χ2n) is 7.04. The van der Waals surface area contributed by atoms with Crippen LogP contribution in [0.15, 0.2) is 42.5 Å². The van der Waals surface area contributed by atoms with Gasteiger partial charge in [-0.3, -0.25) is 24.6 Å². The van der Waals surface area contributed by atoms with Gasteiger partial charge in [0.15, 0.2) is 0 Å². The number of nitrogens with zero attached hydrogens (tertiary/aromatic N) is 2. The summed E-state index contributed by atoms with van der Waals surface area (Å²) in [5, 5.41) is 16.4. The Morgan fingerprint density at radius 2 is 1.90 bits per heavy atom. The molecule has 0 unspecified atom stereocenters. The zero-order valence-electron chi connectivity index (χ0n) is 16.6. The molecule has 2 aromatic rings. The van der Waals surface area contributed by atoms with Crippen molar-refractivity contribution in [3.63, 3.8) is 0 Å². The summed E-state index contributed by atoms with van der Waals surface area (Å²) in [4.78, 5) is 37.8. The molecule has 8 nitrogen and oxygen atoms in total. The highest BCUT2D eigenvalue weighted by atomic mass is 35.5. The lowest BCUT2D eigenvalue weighted by atomic mass is 10.1. The van der Waals surface area contributed by atoms with E-state index in [1.807, 2.05) is 0 Å². The van der Waals surface area contributed by atoms with Crippen LogP contribution >= 0.6 is 11.6 Å². The molecular formula is C21H23ClN4O4. The van der Waals surface area contributed by atoms with Crippen molar-refractivity contribution in [2.45, 2.75) is 25.8 Å². The Balaban J connectivity index is 1.66. The lowest BCUT2D eigenvalue weighted by Crippen LogP contribution is -2.36. The van der Waals surface area contributed by atoms with Crippen LogP contribution < -0.4 is 10.6 Å². The largest absolute Gasteiger partial charge is 0.351 e. The van der Waals surface area contributed by atoms with Gasteiger partial charge < -0.3 is 10.6 Å². The summed E-state index contributed by atoms with van der Waals surface area (Å²) in [5.74, 6) is -0.839. The van der Waals surface area contributed by atoms with Crippen LogP contribution in [0.3, 0.4) is 0 Å². The number of nitro groups is 1. The second-order valence-corrected chi connectivity index (χ2v) is 7.44. The van der Waals surface area contributed by atoms with Crippen LogP contribution in [0.2, 0.25) is 5.02 Å². The fourth-order valence-corrected chi connectivity index (χ4v) is 3.49. The quantitative estimate of drug-likeness (QED) is 0.466. The third kappa shape index (κ3) is 5.34. The number of likely N-dealkylation sites (N-methyl/N-ethyl adjacent to an activating group) is 1. The van der Waals surface area contributed by atoms with E-state index in [9.17, 15) is 19.7 Å². The summed E-state index contributed by atoms with van der Waals surface area (Å²) < 4.78 is 0. The molecule has 0 atom stereocenters. The first-order chi connectivity index (χ1) is 14.4. The van der Waals surface area contributed by atoms with Gasteiger partial charge in [0.1, 0.15) is 0 Å². The van der Waals surface area contributed by atoms with E-state index in [-0.39, 0.29) is 22.2 Å². The number of benzene rings is 2. The first kappa shape index (κ1) is 21.7. The third-order valence-corrected chi connectivity index (χ3v) is 5.29. The highest BCUT2D eigenvalue weighted by Crippen LogP contribution is 2.26. The average Bonchev–Trinajstić information content (AvgIpc) is 3.56. The van der Waals surface area contributed by atoms with Gasteiger partial charge >= 0.3 is 0 Å². The summed E-state index contributed by atoms with van der Waals surface area (Å²) in [6.45, 7) is 4.34. The minimum atomic E-state index is -0.587. The van der Waals surface area contributed by atoms with Crippen molar-refractivity contribution in [1.29, 1.82) is 0 Å². The molecule has 2 amide bonds. The number of non-ortho nitro benzene ring substituents is 1. The zero-order chi connectivity index (χ0) is 21.7. The maximum atomic E-state index is 12.6. The molecule has 0 aliphatic heterocycles.